The third-order valence-electron chi connectivity index (χ3n) is 3.69. The molecule has 10 heteroatoms. The summed E-state index contributed by atoms with van der Waals surface area (Å²) in [5, 5.41) is 17.2. The van der Waals surface area contributed by atoms with E-state index >= 15 is 0 Å². The highest BCUT2D eigenvalue weighted by molar-refractivity contribution is 5.95. The van der Waals surface area contributed by atoms with E-state index in [4.69, 9.17) is 0 Å². The molecule has 8 nitrogen and oxygen atoms in total. The number of amides is 1. The largest absolute Gasteiger partial charge is 0.433 e. The number of benzene rings is 1. The molecule has 2 rings (SSSR count). The summed E-state index contributed by atoms with van der Waals surface area (Å²) in [7, 11) is 0. The minimum Gasteiger partial charge on any atom is -0.433 e. The minimum atomic E-state index is -3.04. The molecule has 1 aromatic heterocycles. The average Bonchev–Trinajstić information content (AvgIpc) is 2.92. The minimum absolute atomic E-state index is 0.0821. The Morgan fingerprint density at radius 3 is 2.62 bits per heavy atom. The third kappa shape index (κ3) is 4.32. The first-order valence-electron chi connectivity index (χ1n) is 7.79. The average molecular weight is 368 g/mol. The highest BCUT2D eigenvalue weighted by Gasteiger charge is 2.27. The van der Waals surface area contributed by atoms with Gasteiger partial charge in [0.05, 0.1) is 22.5 Å². The van der Waals surface area contributed by atoms with E-state index in [-0.39, 0.29) is 17.3 Å². The summed E-state index contributed by atoms with van der Waals surface area (Å²) in [6.45, 7) is 1.96. The van der Waals surface area contributed by atoms with E-state index in [9.17, 15) is 23.7 Å². The van der Waals surface area contributed by atoms with Gasteiger partial charge in [-0.1, -0.05) is 13.0 Å². The fraction of sp³-hybridized carbons (Fsp3) is 0.375. The van der Waals surface area contributed by atoms with Crippen LogP contribution in [0.5, 0.6) is 5.75 Å². The number of carbonyl (C=O) groups is 1. The van der Waals surface area contributed by atoms with Gasteiger partial charge in [0.25, 0.3) is 5.91 Å². The first-order valence-corrected chi connectivity index (χ1v) is 7.79. The van der Waals surface area contributed by atoms with E-state index in [2.05, 4.69) is 15.2 Å². The molecule has 0 bridgehead atoms. The molecule has 0 fully saturated rings. The number of nitrogens with zero attached hydrogens (tertiary/aromatic N) is 3. The number of hydrogen-bond donors (Lipinski definition) is 1. The Bertz CT molecular complexity index is 823. The van der Waals surface area contributed by atoms with Crippen molar-refractivity contribution in [1.29, 1.82) is 0 Å². The Morgan fingerprint density at radius 1 is 1.38 bits per heavy atom. The molecule has 0 saturated heterocycles. The topological polar surface area (TPSA) is 99.3 Å². The normalized spacial score (nSPS) is 12.1. The first kappa shape index (κ1) is 19.3. The van der Waals surface area contributed by atoms with Crippen molar-refractivity contribution >= 4 is 17.4 Å². The van der Waals surface area contributed by atoms with Gasteiger partial charge in [0.15, 0.2) is 6.04 Å². The summed E-state index contributed by atoms with van der Waals surface area (Å²) in [6, 6.07) is 4.89. The molecule has 2 aromatic rings. The molecule has 1 N–H and O–H groups in total. The third-order valence-corrected chi connectivity index (χ3v) is 3.69. The summed E-state index contributed by atoms with van der Waals surface area (Å²) in [5.74, 6) is -1.08. The molecule has 1 aromatic carbocycles. The van der Waals surface area contributed by atoms with Gasteiger partial charge in [0.1, 0.15) is 5.75 Å². The monoisotopic (exact) mass is 368 g/mol. The zero-order valence-corrected chi connectivity index (χ0v) is 14.4. The van der Waals surface area contributed by atoms with Gasteiger partial charge >= 0.3 is 12.4 Å². The summed E-state index contributed by atoms with van der Waals surface area (Å²) < 4.78 is 30.8. The maximum Gasteiger partial charge on any atom is 0.390 e. The number of aromatic nitrogens is 2. The van der Waals surface area contributed by atoms with E-state index in [0.29, 0.717) is 17.7 Å². The van der Waals surface area contributed by atoms with Crippen LogP contribution in [-0.2, 0) is 4.79 Å². The molecule has 1 unspecified atom stereocenters. The number of alkyl halides is 2. The quantitative estimate of drug-likeness (QED) is 0.595. The van der Waals surface area contributed by atoms with Crippen molar-refractivity contribution in [1.82, 2.24) is 9.78 Å². The van der Waals surface area contributed by atoms with E-state index in [0.717, 1.165) is 0 Å². The number of hydrogen-bond acceptors (Lipinski definition) is 5. The zero-order chi connectivity index (χ0) is 19.4. The van der Waals surface area contributed by atoms with E-state index < -0.39 is 23.5 Å². The Labute approximate surface area is 147 Å². The number of anilines is 1. The predicted molar refractivity (Wildman–Crippen MR) is 89.4 cm³/mol. The first-order chi connectivity index (χ1) is 12.2. The van der Waals surface area contributed by atoms with Gasteiger partial charge in [0.2, 0.25) is 0 Å². The second-order valence-corrected chi connectivity index (χ2v) is 5.64. The van der Waals surface area contributed by atoms with Gasteiger partial charge in [-0.15, -0.1) is 0 Å². The van der Waals surface area contributed by atoms with Crippen LogP contribution in [0.4, 0.5) is 20.3 Å². The number of nitrogens with one attached hydrogen (secondary N) is 1. The van der Waals surface area contributed by atoms with Crippen LogP contribution in [-0.4, -0.2) is 27.2 Å². The standard InChI is InChI=1S/C16H18F2N4O4/c1-4-12(21-10(3)8-14(20-21)22(24)25)15(23)19-11-6-5-9(2)7-13(11)26-16(17)18/h5-8,12,16H,4H2,1-3H3,(H,19,23). The van der Waals surface area contributed by atoms with Crippen molar-refractivity contribution in [3.63, 3.8) is 0 Å². The number of ether oxygens (including phenoxy) is 1. The molecule has 26 heavy (non-hydrogen) atoms. The molecule has 1 amide bonds. The lowest BCUT2D eigenvalue weighted by atomic mass is 10.1. The lowest BCUT2D eigenvalue weighted by molar-refractivity contribution is -0.389. The number of halogens is 2. The highest BCUT2D eigenvalue weighted by Crippen LogP contribution is 2.29. The summed E-state index contributed by atoms with van der Waals surface area (Å²) in [5.41, 5.74) is 1.20. The zero-order valence-electron chi connectivity index (χ0n) is 14.4. The molecule has 1 heterocycles. The Hall–Kier alpha value is -3.04. The Kier molecular flexibility index (Phi) is 5.86. The van der Waals surface area contributed by atoms with E-state index in [1.54, 1.807) is 26.8 Å². The molecular formula is C16H18F2N4O4. The maximum atomic E-state index is 12.6. The molecular weight excluding hydrogens is 350 g/mol. The van der Waals surface area contributed by atoms with E-state index in [1.165, 1.54) is 22.9 Å². The second-order valence-electron chi connectivity index (χ2n) is 5.64. The maximum absolute atomic E-state index is 12.6. The highest BCUT2D eigenvalue weighted by atomic mass is 19.3. The van der Waals surface area contributed by atoms with Crippen molar-refractivity contribution in [3.8, 4) is 5.75 Å². The fourth-order valence-electron chi connectivity index (χ4n) is 2.49. The molecule has 0 saturated carbocycles. The molecule has 0 aliphatic heterocycles. The van der Waals surface area contributed by atoms with Gasteiger partial charge in [-0.2, -0.15) is 13.5 Å². The number of nitro groups is 1. The molecule has 140 valence electrons. The predicted octanol–water partition coefficient (Wildman–Crippen LogP) is 3.60. The lowest BCUT2D eigenvalue weighted by Crippen LogP contribution is -2.27. The van der Waals surface area contributed by atoms with Crippen LogP contribution < -0.4 is 10.1 Å². The van der Waals surface area contributed by atoms with Crippen molar-refractivity contribution in [2.45, 2.75) is 39.8 Å². The van der Waals surface area contributed by atoms with Gasteiger partial charge in [0, 0.05) is 0 Å². The van der Waals surface area contributed by atoms with Crippen molar-refractivity contribution in [2.24, 2.45) is 0 Å². The second kappa shape index (κ2) is 7.89. The lowest BCUT2D eigenvalue weighted by Gasteiger charge is -2.17. The SMILES string of the molecule is CCC(C(=O)Nc1ccc(C)cc1OC(F)F)n1nc([N+](=O)[O-])cc1C. The molecule has 1 atom stereocenters. The Morgan fingerprint density at radius 2 is 2.08 bits per heavy atom. The van der Waals surface area contributed by atoms with Gasteiger partial charge < -0.3 is 20.2 Å². The van der Waals surface area contributed by atoms with Crippen LogP contribution in [0, 0.1) is 24.0 Å². The molecule has 0 spiro atoms. The van der Waals surface area contributed by atoms with Crippen molar-refractivity contribution < 1.29 is 23.2 Å². The number of rotatable bonds is 7. The van der Waals surface area contributed by atoms with Crippen LogP contribution in [0.15, 0.2) is 24.3 Å². The van der Waals surface area contributed by atoms with Crippen LogP contribution in [0.1, 0.15) is 30.6 Å². The molecule has 0 radical (unpaired) electrons. The van der Waals surface area contributed by atoms with Crippen LogP contribution in [0.2, 0.25) is 0 Å². The smallest absolute Gasteiger partial charge is 0.390 e. The summed E-state index contributed by atoms with van der Waals surface area (Å²) in [6.07, 6.45) is 0.294. The van der Waals surface area contributed by atoms with Crippen molar-refractivity contribution in [3.05, 3.63) is 45.6 Å². The summed E-state index contributed by atoms with van der Waals surface area (Å²) in [4.78, 5) is 22.8. The Balaban J connectivity index is 2.29. The van der Waals surface area contributed by atoms with Crippen LogP contribution in [0.25, 0.3) is 0 Å². The number of aryl methyl sites for hydroxylation is 2. The summed E-state index contributed by atoms with van der Waals surface area (Å²) >= 11 is 0. The fourth-order valence-corrected chi connectivity index (χ4v) is 2.49. The van der Waals surface area contributed by atoms with Crippen LogP contribution >= 0.6 is 0 Å². The van der Waals surface area contributed by atoms with E-state index in [1.807, 2.05) is 0 Å². The van der Waals surface area contributed by atoms with Crippen molar-refractivity contribution in [2.75, 3.05) is 5.32 Å². The van der Waals surface area contributed by atoms with Gasteiger partial charge in [-0.3, -0.25) is 4.79 Å². The van der Waals surface area contributed by atoms with Gasteiger partial charge in [-0.05, 0) is 42.9 Å². The molecule has 0 aliphatic carbocycles. The number of carbonyl (C=O) groups excluding carboxylic acids is 1. The van der Waals surface area contributed by atoms with Gasteiger partial charge in [-0.25, -0.2) is 0 Å². The van der Waals surface area contributed by atoms with Crippen LogP contribution in [0.3, 0.4) is 0 Å². The molecule has 0 aliphatic rings.